The summed E-state index contributed by atoms with van der Waals surface area (Å²) in [7, 11) is 0. The van der Waals surface area contributed by atoms with Gasteiger partial charge >= 0.3 is 0 Å². The van der Waals surface area contributed by atoms with Crippen LogP contribution in [0.2, 0.25) is 0 Å². The van der Waals surface area contributed by atoms with Crippen LogP contribution < -0.4 is 15.0 Å². The highest BCUT2D eigenvalue weighted by Crippen LogP contribution is 2.37. The Kier molecular flexibility index (Phi) is 5.25. The highest BCUT2D eigenvalue weighted by atomic mass is 16.5. The second-order valence-corrected chi connectivity index (χ2v) is 7.95. The zero-order valence-electron chi connectivity index (χ0n) is 17.3. The van der Waals surface area contributed by atoms with Gasteiger partial charge in [-0.05, 0) is 44.2 Å². The molecule has 0 unspecified atom stereocenters. The van der Waals surface area contributed by atoms with Gasteiger partial charge in [0.25, 0.3) is 0 Å². The minimum absolute atomic E-state index is 0.714. The number of anilines is 1. The fraction of sp³-hybridized carbons (Fsp3) is 0.478. The average Bonchev–Trinajstić information content (AvgIpc) is 2.66. The van der Waals surface area contributed by atoms with Crippen LogP contribution in [0, 0.1) is 12.8 Å². The molecule has 0 bridgehead atoms. The van der Waals surface area contributed by atoms with Crippen LogP contribution in [0.1, 0.15) is 39.2 Å². The maximum absolute atomic E-state index is 6.24. The first-order valence-electron chi connectivity index (χ1n) is 10.3. The molecule has 2 heterocycles. The predicted octanol–water partition coefficient (Wildman–Crippen LogP) is 4.80. The van der Waals surface area contributed by atoms with Crippen molar-refractivity contribution in [3.05, 3.63) is 35.2 Å². The number of hydrogen-bond acceptors (Lipinski definition) is 5. The van der Waals surface area contributed by atoms with Gasteiger partial charge in [-0.3, -0.25) is 4.99 Å². The molecule has 2 aliphatic heterocycles. The number of aryl methyl sites for hydroxylation is 1. The fourth-order valence-electron chi connectivity index (χ4n) is 3.80. The lowest BCUT2D eigenvalue weighted by atomic mass is 10.1. The Morgan fingerprint density at radius 3 is 2.86 bits per heavy atom. The van der Waals surface area contributed by atoms with Crippen molar-refractivity contribution in [2.75, 3.05) is 31.1 Å². The molecule has 0 atom stereocenters. The first kappa shape index (κ1) is 18.8. The molecule has 1 aliphatic carbocycles. The molecule has 5 nitrogen and oxygen atoms in total. The number of rotatable bonds is 5. The summed E-state index contributed by atoms with van der Waals surface area (Å²) in [5.74, 6) is 2.40. The zero-order valence-corrected chi connectivity index (χ0v) is 17.3. The second kappa shape index (κ2) is 7.82. The SMILES string of the molecule is CCN=c1cc2oc3cc4c(cc3nc-2cc1C)OCCN4CCCC(C)C. The first-order chi connectivity index (χ1) is 13.5. The Hall–Kier alpha value is -2.56. The summed E-state index contributed by atoms with van der Waals surface area (Å²) in [5.41, 5.74) is 4.69. The quantitative estimate of drug-likeness (QED) is 0.598. The lowest BCUT2D eigenvalue weighted by Gasteiger charge is -2.31. The molecule has 1 aromatic carbocycles. The molecule has 0 saturated heterocycles. The molecule has 0 amide bonds. The van der Waals surface area contributed by atoms with Gasteiger partial charge in [-0.15, -0.1) is 0 Å². The summed E-state index contributed by atoms with van der Waals surface area (Å²) in [6, 6.07) is 8.15. The molecule has 5 heteroatoms. The summed E-state index contributed by atoms with van der Waals surface area (Å²) in [5, 5.41) is 0.969. The highest BCUT2D eigenvalue weighted by Gasteiger charge is 2.21. The summed E-state index contributed by atoms with van der Waals surface area (Å²) in [4.78, 5) is 11.8. The van der Waals surface area contributed by atoms with E-state index in [4.69, 9.17) is 14.1 Å². The molecule has 0 spiro atoms. The van der Waals surface area contributed by atoms with Gasteiger partial charge in [0.1, 0.15) is 23.6 Å². The minimum Gasteiger partial charge on any atom is -0.489 e. The van der Waals surface area contributed by atoms with Crippen molar-refractivity contribution >= 4 is 16.8 Å². The Morgan fingerprint density at radius 1 is 1.21 bits per heavy atom. The molecule has 3 aliphatic rings. The largest absolute Gasteiger partial charge is 0.489 e. The third kappa shape index (κ3) is 3.71. The van der Waals surface area contributed by atoms with E-state index in [1.54, 1.807) is 0 Å². The van der Waals surface area contributed by atoms with E-state index in [0.717, 1.165) is 70.5 Å². The Morgan fingerprint density at radius 2 is 2.07 bits per heavy atom. The van der Waals surface area contributed by atoms with Crippen molar-refractivity contribution in [3.8, 4) is 17.2 Å². The fourth-order valence-corrected chi connectivity index (χ4v) is 3.80. The predicted molar refractivity (Wildman–Crippen MR) is 113 cm³/mol. The maximum atomic E-state index is 6.24. The summed E-state index contributed by atoms with van der Waals surface area (Å²) in [6.07, 6.45) is 2.42. The Bertz CT molecular complexity index is 1020. The third-order valence-corrected chi connectivity index (χ3v) is 5.28. The van der Waals surface area contributed by atoms with E-state index in [1.165, 1.54) is 12.8 Å². The number of fused-ring (bicyclic) bond motifs is 3. The van der Waals surface area contributed by atoms with Gasteiger partial charge in [0.05, 0.1) is 17.6 Å². The standard InChI is InChI=1S/C23H29N3O2/c1-5-24-17-12-21-18(11-16(17)4)25-19-13-23-20(14-22(19)28-21)26(9-10-27-23)8-6-7-15(2)3/h11-15H,5-10H2,1-4H3. The van der Waals surface area contributed by atoms with Crippen LogP contribution in [0.4, 0.5) is 5.69 Å². The average molecular weight is 380 g/mol. The molecule has 0 aromatic heterocycles. The highest BCUT2D eigenvalue weighted by molar-refractivity contribution is 5.84. The van der Waals surface area contributed by atoms with Gasteiger partial charge < -0.3 is 14.1 Å². The molecule has 28 heavy (non-hydrogen) atoms. The van der Waals surface area contributed by atoms with Gasteiger partial charge in [-0.25, -0.2) is 4.98 Å². The van der Waals surface area contributed by atoms with Crippen molar-refractivity contribution in [1.29, 1.82) is 0 Å². The monoisotopic (exact) mass is 379 g/mol. The molecule has 0 fully saturated rings. The second-order valence-electron chi connectivity index (χ2n) is 7.95. The number of ether oxygens (including phenoxy) is 1. The summed E-state index contributed by atoms with van der Waals surface area (Å²) >= 11 is 0. The Labute approximate surface area is 166 Å². The molecule has 148 valence electrons. The third-order valence-electron chi connectivity index (χ3n) is 5.28. The maximum Gasteiger partial charge on any atom is 0.155 e. The van der Waals surface area contributed by atoms with Crippen molar-refractivity contribution in [1.82, 2.24) is 4.98 Å². The van der Waals surface area contributed by atoms with Crippen LogP contribution in [-0.4, -0.2) is 31.2 Å². The van der Waals surface area contributed by atoms with Crippen LogP contribution in [0.5, 0.6) is 5.75 Å². The van der Waals surface area contributed by atoms with E-state index in [0.29, 0.717) is 6.61 Å². The number of benzene rings is 2. The smallest absolute Gasteiger partial charge is 0.155 e. The molecule has 4 rings (SSSR count). The molecular formula is C23H29N3O2. The Balaban J connectivity index is 1.76. The van der Waals surface area contributed by atoms with Crippen LogP contribution >= 0.6 is 0 Å². The van der Waals surface area contributed by atoms with E-state index in [9.17, 15) is 0 Å². The van der Waals surface area contributed by atoms with Gasteiger partial charge in [0.2, 0.25) is 0 Å². The van der Waals surface area contributed by atoms with Crippen molar-refractivity contribution in [2.45, 2.75) is 40.5 Å². The first-order valence-corrected chi connectivity index (χ1v) is 10.3. The van der Waals surface area contributed by atoms with Crippen LogP contribution in [0.3, 0.4) is 0 Å². The van der Waals surface area contributed by atoms with Crippen molar-refractivity contribution in [3.63, 3.8) is 0 Å². The van der Waals surface area contributed by atoms with E-state index >= 15 is 0 Å². The minimum atomic E-state index is 0.714. The van der Waals surface area contributed by atoms with E-state index in [1.807, 2.05) is 25.1 Å². The van der Waals surface area contributed by atoms with Crippen molar-refractivity contribution in [2.24, 2.45) is 10.9 Å². The van der Waals surface area contributed by atoms with Crippen LogP contribution in [0.15, 0.2) is 33.7 Å². The van der Waals surface area contributed by atoms with E-state index in [-0.39, 0.29) is 0 Å². The molecule has 0 saturated carbocycles. The lowest BCUT2D eigenvalue weighted by Crippen LogP contribution is -2.33. The van der Waals surface area contributed by atoms with Crippen LogP contribution in [-0.2, 0) is 0 Å². The summed E-state index contributed by atoms with van der Waals surface area (Å²) < 4.78 is 12.2. The molecule has 0 N–H and O–H groups in total. The number of aromatic nitrogens is 1. The zero-order chi connectivity index (χ0) is 19.7. The van der Waals surface area contributed by atoms with E-state index < -0.39 is 0 Å². The lowest BCUT2D eigenvalue weighted by molar-refractivity contribution is 0.306. The molecular weight excluding hydrogens is 350 g/mol. The van der Waals surface area contributed by atoms with Gasteiger partial charge in [0.15, 0.2) is 11.3 Å². The molecule has 1 aromatic rings. The number of nitrogens with zero attached hydrogens (tertiary/aromatic N) is 3. The van der Waals surface area contributed by atoms with Crippen LogP contribution in [0.25, 0.3) is 22.6 Å². The van der Waals surface area contributed by atoms with Gasteiger partial charge in [-0.1, -0.05) is 13.8 Å². The van der Waals surface area contributed by atoms with Gasteiger partial charge in [-0.2, -0.15) is 0 Å². The van der Waals surface area contributed by atoms with Crippen molar-refractivity contribution < 1.29 is 9.15 Å². The summed E-state index contributed by atoms with van der Waals surface area (Å²) in [6.45, 7) is 12.1. The molecule has 0 radical (unpaired) electrons. The van der Waals surface area contributed by atoms with Gasteiger partial charge in [0, 0.05) is 31.3 Å². The topological polar surface area (TPSA) is 50.9 Å². The normalized spacial score (nSPS) is 14.8. The van der Waals surface area contributed by atoms with E-state index in [2.05, 4.69) is 36.7 Å². The number of hydrogen-bond donors (Lipinski definition) is 0.